The van der Waals surface area contributed by atoms with Gasteiger partial charge in [-0.2, -0.15) is 0 Å². The van der Waals surface area contributed by atoms with Gasteiger partial charge in [-0.05, 0) is 18.8 Å². The van der Waals surface area contributed by atoms with Crippen molar-refractivity contribution in [2.45, 2.75) is 52.6 Å². The molecule has 0 bridgehead atoms. The third-order valence-corrected chi connectivity index (χ3v) is 2.53. The van der Waals surface area contributed by atoms with Crippen molar-refractivity contribution in [2.75, 3.05) is 13.3 Å². The van der Waals surface area contributed by atoms with E-state index in [1.54, 1.807) is 0 Å². The van der Waals surface area contributed by atoms with Gasteiger partial charge in [0.1, 0.15) is 19.4 Å². The fourth-order valence-electron chi connectivity index (χ4n) is 1.52. The van der Waals surface area contributed by atoms with E-state index in [4.69, 9.17) is 4.74 Å². The molecular formula is C13H23FO4. The Morgan fingerprint density at radius 3 is 2.28 bits per heavy atom. The molecule has 0 aromatic heterocycles. The summed E-state index contributed by atoms with van der Waals surface area (Å²) >= 11 is 0. The normalized spacial score (nSPS) is 12.3. The number of halogens is 1. The summed E-state index contributed by atoms with van der Waals surface area (Å²) in [6.07, 6.45) is 1.39. The van der Waals surface area contributed by atoms with E-state index in [9.17, 15) is 14.0 Å². The summed E-state index contributed by atoms with van der Waals surface area (Å²) in [5.74, 6) is -0.487. The van der Waals surface area contributed by atoms with Gasteiger partial charge < -0.3 is 9.47 Å². The number of carbonyl (C=O) groups excluding carboxylic acids is 2. The van der Waals surface area contributed by atoms with E-state index in [1.165, 1.54) is 0 Å². The minimum Gasteiger partial charge on any atom is -0.463 e. The van der Waals surface area contributed by atoms with Crippen molar-refractivity contribution in [1.82, 2.24) is 0 Å². The lowest BCUT2D eigenvalue weighted by atomic mass is 10.1. The summed E-state index contributed by atoms with van der Waals surface area (Å²) in [6.45, 7) is 5.06. The van der Waals surface area contributed by atoms with Crippen LogP contribution in [0.4, 0.5) is 4.39 Å². The standard InChI is InChI=1S/C13H23FO4/c1-4-11(10(2)3)18-13(16)7-5-6-12(15)17-9-8-14/h10-11H,4-9H2,1-3H3. The third-order valence-electron chi connectivity index (χ3n) is 2.53. The average molecular weight is 262 g/mol. The molecule has 0 rings (SSSR count). The second-order valence-electron chi connectivity index (χ2n) is 4.44. The summed E-state index contributed by atoms with van der Waals surface area (Å²) in [5.41, 5.74) is 0. The Kier molecular flexibility index (Phi) is 9.24. The molecule has 0 fully saturated rings. The highest BCUT2D eigenvalue weighted by Crippen LogP contribution is 2.12. The van der Waals surface area contributed by atoms with Crippen molar-refractivity contribution in [2.24, 2.45) is 5.92 Å². The maximum absolute atomic E-state index is 11.7. The molecule has 0 aromatic rings. The molecule has 0 N–H and O–H groups in total. The Balaban J connectivity index is 3.73. The van der Waals surface area contributed by atoms with Crippen molar-refractivity contribution in [3.05, 3.63) is 0 Å². The minimum atomic E-state index is -0.680. The zero-order valence-electron chi connectivity index (χ0n) is 11.4. The first-order chi connectivity index (χ1) is 8.51. The van der Waals surface area contributed by atoms with Crippen LogP contribution in [-0.2, 0) is 19.1 Å². The maximum atomic E-state index is 11.7. The summed E-state index contributed by atoms with van der Waals surface area (Å²) in [5, 5.41) is 0. The highest BCUT2D eigenvalue weighted by molar-refractivity contribution is 5.72. The quantitative estimate of drug-likeness (QED) is 0.599. The van der Waals surface area contributed by atoms with E-state index >= 15 is 0 Å². The second-order valence-corrected chi connectivity index (χ2v) is 4.44. The lowest BCUT2D eigenvalue weighted by Gasteiger charge is -2.19. The Morgan fingerprint density at radius 1 is 1.17 bits per heavy atom. The van der Waals surface area contributed by atoms with Crippen molar-refractivity contribution in [1.29, 1.82) is 0 Å². The fourth-order valence-corrected chi connectivity index (χ4v) is 1.52. The molecule has 0 heterocycles. The van der Waals surface area contributed by atoms with E-state index in [0.717, 1.165) is 6.42 Å². The molecule has 0 saturated heterocycles. The zero-order chi connectivity index (χ0) is 14.0. The van der Waals surface area contributed by atoms with Crippen LogP contribution in [-0.4, -0.2) is 31.3 Å². The van der Waals surface area contributed by atoms with Crippen LogP contribution in [0.25, 0.3) is 0 Å². The molecule has 0 radical (unpaired) electrons. The van der Waals surface area contributed by atoms with E-state index in [2.05, 4.69) is 4.74 Å². The second kappa shape index (κ2) is 9.85. The molecule has 106 valence electrons. The molecule has 0 saturated carbocycles. The average Bonchev–Trinajstić information content (AvgIpc) is 2.33. The van der Waals surface area contributed by atoms with Gasteiger partial charge in [0.2, 0.25) is 0 Å². The van der Waals surface area contributed by atoms with Gasteiger partial charge in [0.15, 0.2) is 0 Å². The Hall–Kier alpha value is -1.13. The molecule has 0 aliphatic rings. The molecule has 0 aliphatic carbocycles. The fraction of sp³-hybridized carbons (Fsp3) is 0.846. The number of hydrogen-bond donors (Lipinski definition) is 0. The Bertz CT molecular complexity index is 253. The number of esters is 2. The molecule has 0 spiro atoms. The van der Waals surface area contributed by atoms with Crippen molar-refractivity contribution in [3.8, 4) is 0 Å². The number of hydrogen-bond acceptors (Lipinski definition) is 4. The minimum absolute atomic E-state index is 0.0732. The SMILES string of the molecule is CCC(OC(=O)CCCC(=O)OCCF)C(C)C. The third kappa shape index (κ3) is 8.03. The van der Waals surface area contributed by atoms with E-state index < -0.39 is 12.6 Å². The van der Waals surface area contributed by atoms with Crippen LogP contribution in [0.5, 0.6) is 0 Å². The highest BCUT2D eigenvalue weighted by atomic mass is 19.1. The summed E-state index contributed by atoms with van der Waals surface area (Å²) in [7, 11) is 0. The molecule has 0 aromatic carbocycles. The number of rotatable bonds is 9. The van der Waals surface area contributed by atoms with Crippen LogP contribution in [0.2, 0.25) is 0 Å². The molecule has 0 aliphatic heterocycles. The van der Waals surface area contributed by atoms with Gasteiger partial charge >= 0.3 is 11.9 Å². The van der Waals surface area contributed by atoms with Gasteiger partial charge in [-0.15, -0.1) is 0 Å². The molecule has 4 nitrogen and oxygen atoms in total. The molecule has 18 heavy (non-hydrogen) atoms. The largest absolute Gasteiger partial charge is 0.463 e. The van der Waals surface area contributed by atoms with Gasteiger partial charge in [0.05, 0.1) is 0 Å². The van der Waals surface area contributed by atoms with Gasteiger partial charge in [-0.3, -0.25) is 9.59 Å². The predicted octanol–water partition coefficient (Wildman–Crippen LogP) is 2.65. The lowest BCUT2D eigenvalue weighted by molar-refractivity contribution is -0.152. The summed E-state index contributed by atoms with van der Waals surface area (Å²) in [4.78, 5) is 22.5. The first-order valence-electron chi connectivity index (χ1n) is 6.42. The van der Waals surface area contributed by atoms with Gasteiger partial charge in [-0.1, -0.05) is 20.8 Å². The predicted molar refractivity (Wildman–Crippen MR) is 65.8 cm³/mol. The Morgan fingerprint density at radius 2 is 1.78 bits per heavy atom. The van der Waals surface area contributed by atoms with Crippen molar-refractivity contribution >= 4 is 11.9 Å². The monoisotopic (exact) mass is 262 g/mol. The first kappa shape index (κ1) is 16.9. The molecule has 1 atom stereocenters. The number of alkyl halides is 1. The highest BCUT2D eigenvalue weighted by Gasteiger charge is 2.16. The van der Waals surface area contributed by atoms with E-state index in [1.807, 2.05) is 20.8 Å². The maximum Gasteiger partial charge on any atom is 0.306 e. The van der Waals surface area contributed by atoms with E-state index in [-0.39, 0.29) is 37.4 Å². The molecule has 0 amide bonds. The van der Waals surface area contributed by atoms with Crippen LogP contribution >= 0.6 is 0 Å². The Labute approximate surface area is 108 Å². The topological polar surface area (TPSA) is 52.6 Å². The van der Waals surface area contributed by atoms with Gasteiger partial charge in [-0.25, -0.2) is 4.39 Å². The van der Waals surface area contributed by atoms with Gasteiger partial charge in [0, 0.05) is 12.8 Å². The first-order valence-corrected chi connectivity index (χ1v) is 6.42. The van der Waals surface area contributed by atoms with Crippen LogP contribution in [0, 0.1) is 5.92 Å². The zero-order valence-corrected chi connectivity index (χ0v) is 11.4. The molecular weight excluding hydrogens is 239 g/mol. The van der Waals surface area contributed by atoms with E-state index in [0.29, 0.717) is 6.42 Å². The van der Waals surface area contributed by atoms with Crippen molar-refractivity contribution < 1.29 is 23.5 Å². The van der Waals surface area contributed by atoms with Crippen LogP contribution < -0.4 is 0 Å². The van der Waals surface area contributed by atoms with Crippen LogP contribution in [0.1, 0.15) is 46.5 Å². The lowest BCUT2D eigenvalue weighted by Crippen LogP contribution is -2.22. The smallest absolute Gasteiger partial charge is 0.306 e. The molecule has 5 heteroatoms. The summed E-state index contributed by atoms with van der Waals surface area (Å²) in [6, 6.07) is 0. The van der Waals surface area contributed by atoms with Gasteiger partial charge in [0.25, 0.3) is 0 Å². The molecule has 1 unspecified atom stereocenters. The summed E-state index contributed by atoms with van der Waals surface area (Å²) < 4.78 is 21.5. The number of carbonyl (C=O) groups is 2. The number of ether oxygens (including phenoxy) is 2. The van der Waals surface area contributed by atoms with Crippen molar-refractivity contribution in [3.63, 3.8) is 0 Å². The van der Waals surface area contributed by atoms with Crippen LogP contribution in [0.15, 0.2) is 0 Å². The van der Waals surface area contributed by atoms with Crippen LogP contribution in [0.3, 0.4) is 0 Å².